The molecule has 4 atom stereocenters. The molecule has 28 nitrogen and oxygen atoms in total. The number of amides is 4. The first-order valence-corrected chi connectivity index (χ1v) is 46.7. The number of aromatic nitrogens is 8. The molecule has 142 heavy (non-hydrogen) atoms. The summed E-state index contributed by atoms with van der Waals surface area (Å²) in [5.74, 6) is -5.14. The molecule has 0 fully saturated rings. The van der Waals surface area contributed by atoms with E-state index in [9.17, 15) is 66.1 Å². The fourth-order valence-electron chi connectivity index (χ4n) is 19.2. The highest BCUT2D eigenvalue weighted by molar-refractivity contribution is 5.98. The van der Waals surface area contributed by atoms with Gasteiger partial charge in [-0.15, -0.1) is 0 Å². The van der Waals surface area contributed by atoms with E-state index >= 15 is 0 Å². The normalized spacial score (nSPS) is 18.2. The van der Waals surface area contributed by atoms with Gasteiger partial charge >= 0.3 is 0 Å². The van der Waals surface area contributed by atoms with E-state index in [0.29, 0.717) is 49.0 Å². The first-order chi connectivity index (χ1) is 69.3. The molecule has 8 bridgehead atoms. The van der Waals surface area contributed by atoms with Crippen LogP contribution in [-0.2, 0) is 38.9 Å². The van der Waals surface area contributed by atoms with E-state index in [2.05, 4.69) is 44.2 Å². The lowest BCUT2D eigenvalue weighted by Gasteiger charge is -2.43. The number of benzene rings is 6. The Morgan fingerprint density at radius 2 is 0.521 bits per heavy atom. The predicted molar refractivity (Wildman–Crippen MR) is 524 cm³/mol. The monoisotopic (exact) mass is 1910 g/mol. The van der Waals surface area contributed by atoms with Crippen LogP contribution in [0.4, 0.5) is 17.6 Å². The summed E-state index contributed by atoms with van der Waals surface area (Å²) in [6.07, 6.45) is 28.3. The number of ether oxygens (including phenoxy) is 2. The van der Waals surface area contributed by atoms with E-state index in [-0.39, 0.29) is 96.8 Å². The third kappa shape index (κ3) is 19.6. The summed E-state index contributed by atoms with van der Waals surface area (Å²) >= 11 is 0. The standard InChI is InChI=1S/2C31H27FN4O3.2C24H21FN4O3/c2*32-27-16-9-15-25(33-27)28-24-14-7-6-13-23(24)12-5-2-8-18-34-21-36(28)35-19-17-26(37)30(29(35)31(34)38)39-20-22-10-3-1-4-11-22;2*25-20-11-6-10-18(26-20)21-17-9-4-3-8-16(17)7-2-1-5-13-27-15-29(21)28-14-12-19(30)23(31)22(28)24(27)32/h2*1-4,6-11,13-17,19,28H,5,12,18,20-21H2;2*1,3-6,8-12,14,21,31H,2,7,13,15H2/b2*8-2+;2*5-1+/t2*28-;2*21-/m1010/s1. The second-order valence-electron chi connectivity index (χ2n) is 34.8. The Kier molecular flexibility index (Phi) is 27.7. The van der Waals surface area contributed by atoms with E-state index in [1.165, 1.54) is 70.3 Å². The van der Waals surface area contributed by atoms with Gasteiger partial charge in [0.1, 0.15) is 64.1 Å². The molecule has 0 unspecified atom stereocenters. The largest absolute Gasteiger partial charge is 0.502 e. The number of hydrogen-bond donors (Lipinski definition) is 2. The lowest BCUT2D eigenvalue weighted by molar-refractivity contribution is 0.0690. The summed E-state index contributed by atoms with van der Waals surface area (Å²) in [4.78, 5) is 128. The van der Waals surface area contributed by atoms with Crippen LogP contribution in [0.1, 0.15) is 170 Å². The second-order valence-corrected chi connectivity index (χ2v) is 34.8. The van der Waals surface area contributed by atoms with Crippen LogP contribution < -0.4 is 51.2 Å². The Labute approximate surface area is 812 Å². The van der Waals surface area contributed by atoms with Gasteiger partial charge in [0.2, 0.25) is 45.5 Å². The van der Waals surface area contributed by atoms with E-state index in [0.717, 1.165) is 107 Å². The maximum atomic E-state index is 14.5. The number of halogens is 4. The fraction of sp³-hybridized carbons (Fsp3) is 0.200. The van der Waals surface area contributed by atoms with Crippen molar-refractivity contribution >= 4 is 23.6 Å². The van der Waals surface area contributed by atoms with Crippen LogP contribution in [0, 0.1) is 23.8 Å². The zero-order valence-electron chi connectivity index (χ0n) is 76.9. The molecule has 0 spiro atoms. The summed E-state index contributed by atoms with van der Waals surface area (Å²) in [5, 5.41) is 28.6. The molecule has 8 aromatic heterocycles. The van der Waals surface area contributed by atoms with Crippen LogP contribution in [-0.4, -0.2) is 145 Å². The molecular formula is C110H96F4N16O12. The summed E-state index contributed by atoms with van der Waals surface area (Å²) in [5.41, 5.74) is 9.79. The van der Waals surface area contributed by atoms with Crippen LogP contribution in [0.3, 0.4) is 0 Å². The number of aryl methyl sites for hydroxylation is 4. The minimum Gasteiger partial charge on any atom is -0.502 e. The van der Waals surface area contributed by atoms with E-state index < -0.39 is 82.1 Å². The number of pyridine rings is 8. The van der Waals surface area contributed by atoms with Crippen molar-refractivity contribution in [2.24, 2.45) is 0 Å². The molecule has 716 valence electrons. The number of nitrogens with zero attached hydrogens (tertiary/aromatic N) is 16. The molecule has 0 saturated carbocycles. The fourth-order valence-corrected chi connectivity index (χ4v) is 19.2. The Morgan fingerprint density at radius 1 is 0.275 bits per heavy atom. The van der Waals surface area contributed by atoms with Gasteiger partial charge in [-0.1, -0.05) is 231 Å². The van der Waals surface area contributed by atoms with Crippen LogP contribution in [0.5, 0.6) is 23.0 Å². The third-order valence-corrected chi connectivity index (χ3v) is 25.9. The van der Waals surface area contributed by atoms with Crippen molar-refractivity contribution in [3.8, 4) is 23.0 Å². The maximum Gasteiger partial charge on any atom is 0.278 e. The Bertz CT molecular complexity index is 7080. The number of rotatable bonds is 10. The van der Waals surface area contributed by atoms with Gasteiger partial charge in [-0.2, -0.15) is 17.6 Å². The SMILES string of the molecule is O=C1c2c(O)c(=O)ccn2N2CN1C/C=C/CCc1ccccc1[C@@H]2c1cccc(F)n1.O=C1c2c(O)c(=O)ccn2N2CN1C/C=C/CCc1ccccc1[C@H]2c1cccc(F)n1.O=C1c2c(OCc3ccccc3)c(=O)ccn2N2CN1C/C=C/CCc1ccccc1[C@@H]2c1cccc(F)n1.O=C1c2c(OCc3ccccc3)c(=O)ccn2N2CN1C/C=C/CCc1ccccc1[C@H]2c1cccc(F)n1. The average Bonchev–Trinajstić information content (AvgIpc) is 0.904. The van der Waals surface area contributed by atoms with Gasteiger partial charge in [-0.3, -0.25) is 77.1 Å². The van der Waals surface area contributed by atoms with Gasteiger partial charge in [-0.25, -0.2) is 19.9 Å². The van der Waals surface area contributed by atoms with E-state index in [1.54, 1.807) is 89.9 Å². The lowest BCUT2D eigenvalue weighted by atomic mass is 9.94. The van der Waals surface area contributed by atoms with Gasteiger partial charge in [-0.05, 0) is 156 Å². The van der Waals surface area contributed by atoms with Crippen LogP contribution in [0.2, 0.25) is 0 Å². The number of fused-ring (bicyclic) bond motifs is 20. The molecule has 4 amide bonds. The quantitative estimate of drug-likeness (QED) is 0.0730. The Balaban J connectivity index is 0.000000121. The van der Waals surface area contributed by atoms with Crippen molar-refractivity contribution in [1.29, 1.82) is 0 Å². The minimum atomic E-state index is -0.632. The molecule has 8 aliphatic heterocycles. The summed E-state index contributed by atoms with van der Waals surface area (Å²) in [6.45, 7) is 2.35. The highest BCUT2D eigenvalue weighted by atomic mass is 19.1. The van der Waals surface area contributed by atoms with Crippen LogP contribution in [0.25, 0.3) is 0 Å². The Hall–Kier alpha value is -17.3. The molecule has 6 aromatic carbocycles. The smallest absolute Gasteiger partial charge is 0.278 e. The number of carbonyl (C=O) groups excluding carboxylic acids is 4. The van der Waals surface area contributed by atoms with Crippen molar-refractivity contribution in [2.75, 3.05) is 72.9 Å². The molecule has 32 heteroatoms. The summed E-state index contributed by atoms with van der Waals surface area (Å²) < 4.78 is 75.8. The highest BCUT2D eigenvalue weighted by Gasteiger charge is 2.44. The van der Waals surface area contributed by atoms with Gasteiger partial charge in [0.25, 0.3) is 23.6 Å². The zero-order valence-corrected chi connectivity index (χ0v) is 76.9. The number of aromatic hydroxyl groups is 2. The van der Waals surface area contributed by atoms with Gasteiger partial charge in [0.15, 0.2) is 45.8 Å². The minimum absolute atomic E-state index is 0.0147. The molecule has 22 rings (SSSR count). The van der Waals surface area contributed by atoms with Crippen molar-refractivity contribution in [1.82, 2.24) is 58.2 Å². The Morgan fingerprint density at radius 3 is 0.796 bits per heavy atom. The number of carbonyl (C=O) groups is 4. The zero-order chi connectivity index (χ0) is 98.0. The number of allylic oxidation sites excluding steroid dienone is 4. The summed E-state index contributed by atoms with van der Waals surface area (Å²) in [6, 6.07) is 72.6. The molecule has 8 aliphatic rings. The average molecular weight is 1910 g/mol. The lowest BCUT2D eigenvalue weighted by Crippen LogP contribution is -2.55. The third-order valence-electron chi connectivity index (χ3n) is 25.9. The number of hydrogen-bond acceptors (Lipinski definition) is 20. The van der Waals surface area contributed by atoms with Crippen molar-refractivity contribution in [3.63, 3.8) is 0 Å². The molecule has 0 radical (unpaired) electrons. The van der Waals surface area contributed by atoms with E-state index in [1.807, 2.05) is 202 Å². The summed E-state index contributed by atoms with van der Waals surface area (Å²) in [7, 11) is 0. The molecule has 14 aromatic rings. The predicted octanol–water partition coefficient (Wildman–Crippen LogP) is 14.7. The van der Waals surface area contributed by atoms with Crippen LogP contribution in [0.15, 0.2) is 347 Å². The van der Waals surface area contributed by atoms with Crippen molar-refractivity contribution in [2.45, 2.75) is 88.7 Å². The molecule has 16 heterocycles. The van der Waals surface area contributed by atoms with Gasteiger partial charge in [0.05, 0.1) is 22.8 Å². The van der Waals surface area contributed by atoms with Crippen molar-refractivity contribution < 1.29 is 56.4 Å². The molecular weight excluding hydrogens is 1810 g/mol. The topological polar surface area (TPSA) is 293 Å². The van der Waals surface area contributed by atoms with Gasteiger partial charge in [0, 0.05) is 75.2 Å². The second kappa shape index (κ2) is 41.9. The molecule has 0 saturated heterocycles. The van der Waals surface area contributed by atoms with E-state index in [4.69, 9.17) is 9.47 Å². The highest BCUT2D eigenvalue weighted by Crippen LogP contribution is 2.41. The van der Waals surface area contributed by atoms with Gasteiger partial charge < -0.3 is 39.3 Å². The maximum absolute atomic E-state index is 14.5. The first-order valence-electron chi connectivity index (χ1n) is 46.7. The van der Waals surface area contributed by atoms with Crippen LogP contribution >= 0.6 is 0 Å². The molecule has 2 N–H and O–H groups in total. The first kappa shape index (κ1) is 93.7. The molecule has 0 aliphatic carbocycles. The van der Waals surface area contributed by atoms with Crippen molar-refractivity contribution in [3.05, 3.63) is 494 Å².